The first-order chi connectivity index (χ1) is 11.9. The zero-order chi connectivity index (χ0) is 17.6. The fraction of sp³-hybridized carbons (Fsp3) is 0.316. The molecule has 2 aliphatic rings. The smallest absolute Gasteiger partial charge is 0.240 e. The van der Waals surface area contributed by atoms with Crippen LogP contribution < -0.4 is 9.62 Å². The van der Waals surface area contributed by atoms with Gasteiger partial charge in [-0.25, -0.2) is 13.1 Å². The van der Waals surface area contributed by atoms with Crippen molar-refractivity contribution in [3.63, 3.8) is 0 Å². The number of aryl methyl sites for hydroxylation is 2. The summed E-state index contributed by atoms with van der Waals surface area (Å²) in [5.74, 6) is 0.0677. The average Bonchev–Trinajstić information content (AvgIpc) is 2.92. The van der Waals surface area contributed by atoms with Gasteiger partial charge in [0.2, 0.25) is 15.9 Å². The van der Waals surface area contributed by atoms with Crippen molar-refractivity contribution in [3.05, 3.63) is 58.7 Å². The van der Waals surface area contributed by atoms with Crippen molar-refractivity contribution in [2.24, 2.45) is 0 Å². The van der Waals surface area contributed by atoms with E-state index in [1.807, 2.05) is 31.2 Å². The molecule has 130 valence electrons. The molecule has 6 heteroatoms. The van der Waals surface area contributed by atoms with Crippen molar-refractivity contribution in [1.82, 2.24) is 4.72 Å². The number of rotatable bonds is 4. The van der Waals surface area contributed by atoms with Crippen LogP contribution in [0.15, 0.2) is 41.3 Å². The van der Waals surface area contributed by atoms with E-state index in [0.717, 1.165) is 47.3 Å². The molecule has 4 rings (SSSR count). The van der Waals surface area contributed by atoms with Gasteiger partial charge in [0, 0.05) is 13.1 Å². The highest BCUT2D eigenvalue weighted by Crippen LogP contribution is 2.38. The van der Waals surface area contributed by atoms with E-state index in [4.69, 9.17) is 0 Å². The number of hydrogen-bond donors (Lipinski definition) is 1. The number of amides is 1. The Morgan fingerprint density at radius 3 is 2.60 bits per heavy atom. The number of carbonyl (C=O) groups excluding carboxylic acids is 1. The van der Waals surface area contributed by atoms with E-state index in [2.05, 4.69) is 4.72 Å². The van der Waals surface area contributed by atoms with Crippen LogP contribution >= 0.6 is 0 Å². The summed E-state index contributed by atoms with van der Waals surface area (Å²) in [4.78, 5) is 14.2. The Kier molecular flexibility index (Phi) is 3.89. The van der Waals surface area contributed by atoms with Crippen LogP contribution in [0, 0.1) is 6.92 Å². The molecule has 0 radical (unpaired) electrons. The molecule has 0 spiro atoms. The molecule has 1 amide bonds. The van der Waals surface area contributed by atoms with Crippen molar-refractivity contribution >= 4 is 21.6 Å². The minimum atomic E-state index is -3.61. The van der Waals surface area contributed by atoms with Crippen LogP contribution in [0.2, 0.25) is 0 Å². The van der Waals surface area contributed by atoms with E-state index in [1.165, 1.54) is 0 Å². The number of benzene rings is 2. The number of nitrogens with zero attached hydrogens (tertiary/aromatic N) is 1. The van der Waals surface area contributed by atoms with Crippen molar-refractivity contribution in [2.45, 2.75) is 37.6 Å². The summed E-state index contributed by atoms with van der Waals surface area (Å²) in [5.41, 5.74) is 4.79. The fourth-order valence-electron chi connectivity index (χ4n) is 3.57. The lowest BCUT2D eigenvalue weighted by Crippen LogP contribution is -2.31. The van der Waals surface area contributed by atoms with Crippen molar-refractivity contribution in [1.29, 1.82) is 0 Å². The Morgan fingerprint density at radius 1 is 1.12 bits per heavy atom. The molecule has 25 heavy (non-hydrogen) atoms. The van der Waals surface area contributed by atoms with Crippen molar-refractivity contribution in [3.8, 4) is 0 Å². The van der Waals surface area contributed by atoms with Gasteiger partial charge in [-0.05, 0) is 48.6 Å². The maximum atomic E-state index is 12.7. The van der Waals surface area contributed by atoms with Gasteiger partial charge >= 0.3 is 0 Å². The summed E-state index contributed by atoms with van der Waals surface area (Å²) in [7, 11) is -3.61. The molecule has 2 aromatic rings. The molecule has 0 bridgehead atoms. The molecule has 0 atom stereocenters. The van der Waals surface area contributed by atoms with Gasteiger partial charge in [-0.15, -0.1) is 0 Å². The van der Waals surface area contributed by atoms with Crippen LogP contribution in [-0.2, 0) is 34.2 Å². The molecule has 0 unspecified atom stereocenters. The number of hydrogen-bond acceptors (Lipinski definition) is 3. The molecule has 0 aromatic heterocycles. The van der Waals surface area contributed by atoms with E-state index in [9.17, 15) is 13.2 Å². The zero-order valence-electron chi connectivity index (χ0n) is 14.1. The SMILES string of the molecule is Cc1ccc(CNS(=O)(=O)c2cc3c4c(c2)CC(=O)N4CCC3)cc1. The second-order valence-corrected chi connectivity index (χ2v) is 8.49. The third-order valence-corrected chi connectivity index (χ3v) is 6.26. The van der Waals surface area contributed by atoms with Crippen molar-refractivity contribution < 1.29 is 13.2 Å². The van der Waals surface area contributed by atoms with Gasteiger partial charge in [-0.3, -0.25) is 4.79 Å². The summed E-state index contributed by atoms with van der Waals surface area (Å²) in [5, 5.41) is 0. The minimum Gasteiger partial charge on any atom is -0.312 e. The summed E-state index contributed by atoms with van der Waals surface area (Å²) >= 11 is 0. The first kappa shape index (κ1) is 16.3. The molecule has 2 aromatic carbocycles. The van der Waals surface area contributed by atoms with Crippen LogP contribution in [-0.4, -0.2) is 20.9 Å². The molecule has 0 saturated carbocycles. The second-order valence-electron chi connectivity index (χ2n) is 6.73. The van der Waals surface area contributed by atoms with E-state index >= 15 is 0 Å². The van der Waals surface area contributed by atoms with E-state index in [-0.39, 0.29) is 17.3 Å². The van der Waals surface area contributed by atoms with E-state index in [0.29, 0.717) is 6.42 Å². The highest BCUT2D eigenvalue weighted by molar-refractivity contribution is 7.89. The molecule has 0 aliphatic carbocycles. The number of sulfonamides is 1. The van der Waals surface area contributed by atoms with Crippen LogP contribution in [0.3, 0.4) is 0 Å². The minimum absolute atomic E-state index is 0.0677. The Balaban J connectivity index is 1.62. The number of anilines is 1. The standard InChI is InChI=1S/C19H20N2O3S/c1-13-4-6-14(7-5-13)12-20-25(23,24)17-9-15-3-2-8-21-18(22)11-16(10-17)19(15)21/h4-7,9-10,20H,2-3,8,11-12H2,1H3. The number of carbonyl (C=O) groups is 1. The maximum Gasteiger partial charge on any atom is 0.240 e. The molecule has 2 aliphatic heterocycles. The van der Waals surface area contributed by atoms with Gasteiger partial charge in [0.15, 0.2) is 0 Å². The van der Waals surface area contributed by atoms with Crippen LogP contribution in [0.4, 0.5) is 5.69 Å². The quantitative estimate of drug-likeness (QED) is 0.914. The molecule has 0 saturated heterocycles. The molecule has 2 heterocycles. The second kappa shape index (κ2) is 5.97. The molecule has 0 fully saturated rings. The third kappa shape index (κ3) is 2.96. The lowest BCUT2D eigenvalue weighted by Gasteiger charge is -2.26. The molecular weight excluding hydrogens is 336 g/mol. The van der Waals surface area contributed by atoms with Gasteiger partial charge in [-0.1, -0.05) is 29.8 Å². The zero-order valence-corrected chi connectivity index (χ0v) is 14.9. The fourth-order valence-corrected chi connectivity index (χ4v) is 4.69. The van der Waals surface area contributed by atoms with Crippen molar-refractivity contribution in [2.75, 3.05) is 11.4 Å². The lowest BCUT2D eigenvalue weighted by molar-refractivity contribution is -0.117. The molecular formula is C19H20N2O3S. The number of nitrogens with one attached hydrogen (secondary N) is 1. The maximum absolute atomic E-state index is 12.7. The predicted octanol–water partition coefficient (Wildman–Crippen LogP) is 2.31. The Morgan fingerprint density at radius 2 is 1.84 bits per heavy atom. The van der Waals surface area contributed by atoms with Crippen LogP contribution in [0.25, 0.3) is 0 Å². The average molecular weight is 356 g/mol. The Bertz CT molecular complexity index is 949. The largest absolute Gasteiger partial charge is 0.312 e. The Labute approximate surface area is 147 Å². The Hall–Kier alpha value is -2.18. The topological polar surface area (TPSA) is 66.5 Å². The van der Waals surface area contributed by atoms with Gasteiger partial charge in [0.25, 0.3) is 0 Å². The van der Waals surface area contributed by atoms with Crippen LogP contribution in [0.1, 0.15) is 28.7 Å². The third-order valence-electron chi connectivity index (χ3n) is 4.88. The summed E-state index contributed by atoms with van der Waals surface area (Å²) in [6.45, 7) is 2.98. The summed E-state index contributed by atoms with van der Waals surface area (Å²) in [6, 6.07) is 11.1. The first-order valence-corrected chi connectivity index (χ1v) is 9.94. The lowest BCUT2D eigenvalue weighted by atomic mass is 10.0. The van der Waals surface area contributed by atoms with Gasteiger partial charge in [0.05, 0.1) is 17.0 Å². The van der Waals surface area contributed by atoms with Crippen LogP contribution in [0.5, 0.6) is 0 Å². The highest BCUT2D eigenvalue weighted by atomic mass is 32.2. The predicted molar refractivity (Wildman–Crippen MR) is 96.0 cm³/mol. The molecule has 1 N–H and O–H groups in total. The highest BCUT2D eigenvalue weighted by Gasteiger charge is 2.33. The van der Waals surface area contributed by atoms with Gasteiger partial charge in [0.1, 0.15) is 0 Å². The normalized spacial score (nSPS) is 16.2. The van der Waals surface area contributed by atoms with E-state index in [1.54, 1.807) is 17.0 Å². The first-order valence-electron chi connectivity index (χ1n) is 8.45. The summed E-state index contributed by atoms with van der Waals surface area (Å²) < 4.78 is 28.1. The molecule has 5 nitrogen and oxygen atoms in total. The van der Waals surface area contributed by atoms with E-state index < -0.39 is 10.0 Å². The van der Waals surface area contributed by atoms with Gasteiger partial charge < -0.3 is 4.90 Å². The summed E-state index contributed by atoms with van der Waals surface area (Å²) in [6.07, 6.45) is 1.98. The van der Waals surface area contributed by atoms with Gasteiger partial charge in [-0.2, -0.15) is 0 Å². The monoisotopic (exact) mass is 356 g/mol.